The van der Waals surface area contributed by atoms with E-state index in [0.29, 0.717) is 18.5 Å². The average Bonchev–Trinajstić information content (AvgIpc) is 2.89. The molecule has 1 fully saturated rings. The van der Waals surface area contributed by atoms with Crippen LogP contribution in [0.3, 0.4) is 0 Å². The molecule has 2 rings (SSSR count). The van der Waals surface area contributed by atoms with Gasteiger partial charge in [-0.15, -0.1) is 0 Å². The van der Waals surface area contributed by atoms with Crippen molar-refractivity contribution < 1.29 is 23.9 Å². The van der Waals surface area contributed by atoms with Gasteiger partial charge in [-0.25, -0.2) is 4.79 Å². The standard InChI is InChI=1S/C31H48N4O5/c1-6-8-12-20-35(29(38)25(18-19-26(32)36)34-30(39)40-31(3,4)5)27(23-15-13-14-22(7-2)21-23)28(37)33-24-16-10-9-11-17-24/h7,13-15,21,24-25,27H,2,6,8-12,16-20H2,1,3-5H3,(H2,32,36)(H,33,37)(H,34,39). The quantitative estimate of drug-likeness (QED) is 0.278. The van der Waals surface area contributed by atoms with Crippen LogP contribution in [0.2, 0.25) is 0 Å². The summed E-state index contributed by atoms with van der Waals surface area (Å²) in [6.07, 6.45) is 8.30. The van der Waals surface area contributed by atoms with Crippen molar-refractivity contribution in [3.05, 3.63) is 42.0 Å². The third-order valence-corrected chi connectivity index (χ3v) is 6.93. The van der Waals surface area contributed by atoms with Crippen molar-refractivity contribution in [1.29, 1.82) is 0 Å². The highest BCUT2D eigenvalue weighted by Crippen LogP contribution is 2.27. The number of hydrogen-bond acceptors (Lipinski definition) is 5. The normalized spacial score (nSPS) is 15.4. The van der Waals surface area contributed by atoms with E-state index < -0.39 is 35.6 Å². The number of nitrogens with zero attached hydrogens (tertiary/aromatic N) is 1. The molecule has 1 aromatic rings. The molecule has 2 atom stereocenters. The summed E-state index contributed by atoms with van der Waals surface area (Å²) in [6.45, 7) is 11.4. The number of benzene rings is 1. The van der Waals surface area contributed by atoms with Gasteiger partial charge in [-0.2, -0.15) is 0 Å². The molecule has 2 unspecified atom stereocenters. The molecule has 9 nitrogen and oxygen atoms in total. The van der Waals surface area contributed by atoms with E-state index in [1.807, 2.05) is 24.3 Å². The molecule has 4 amide bonds. The van der Waals surface area contributed by atoms with E-state index >= 15 is 0 Å². The molecule has 0 bridgehead atoms. The van der Waals surface area contributed by atoms with Gasteiger partial charge in [0.25, 0.3) is 0 Å². The number of hydrogen-bond donors (Lipinski definition) is 3. The zero-order chi connectivity index (χ0) is 29.7. The largest absolute Gasteiger partial charge is 0.444 e. The van der Waals surface area contributed by atoms with Crippen molar-refractivity contribution in [1.82, 2.24) is 15.5 Å². The number of carbonyl (C=O) groups excluding carboxylic acids is 4. The summed E-state index contributed by atoms with van der Waals surface area (Å²) in [5, 5.41) is 5.84. The Labute approximate surface area is 239 Å². The molecule has 1 aliphatic rings. The summed E-state index contributed by atoms with van der Waals surface area (Å²) in [5.74, 6) is -1.31. The lowest BCUT2D eigenvalue weighted by atomic mass is 9.94. The molecule has 1 aliphatic carbocycles. The van der Waals surface area contributed by atoms with Crippen LogP contribution >= 0.6 is 0 Å². The lowest BCUT2D eigenvalue weighted by molar-refractivity contribution is -0.143. The minimum atomic E-state index is -1.10. The summed E-state index contributed by atoms with van der Waals surface area (Å²) in [7, 11) is 0. The second kappa shape index (κ2) is 16.0. The summed E-state index contributed by atoms with van der Waals surface area (Å²) in [4.78, 5) is 54.1. The molecular formula is C31H48N4O5. The Bertz CT molecular complexity index is 1010. The van der Waals surface area contributed by atoms with Crippen LogP contribution in [0, 0.1) is 0 Å². The van der Waals surface area contributed by atoms with Crippen molar-refractivity contribution in [2.75, 3.05) is 6.54 Å². The Morgan fingerprint density at radius 2 is 1.85 bits per heavy atom. The van der Waals surface area contributed by atoms with Crippen molar-refractivity contribution in [3.8, 4) is 0 Å². The van der Waals surface area contributed by atoms with Gasteiger partial charge in [-0.05, 0) is 63.6 Å². The molecule has 0 aromatic heterocycles. The molecule has 40 heavy (non-hydrogen) atoms. The zero-order valence-corrected chi connectivity index (χ0v) is 24.7. The van der Waals surface area contributed by atoms with E-state index in [9.17, 15) is 19.2 Å². The SMILES string of the molecule is C=Cc1cccc(C(C(=O)NC2CCCCC2)N(CCCCC)C(=O)C(CCC(N)=O)NC(=O)OC(C)(C)C)c1. The number of carbonyl (C=O) groups is 4. The highest BCUT2D eigenvalue weighted by Gasteiger charge is 2.37. The van der Waals surface area contributed by atoms with Crippen LogP contribution in [0.15, 0.2) is 30.8 Å². The van der Waals surface area contributed by atoms with Gasteiger partial charge in [0.05, 0.1) is 0 Å². The van der Waals surface area contributed by atoms with Gasteiger partial charge in [0.2, 0.25) is 17.7 Å². The Morgan fingerprint density at radius 1 is 1.15 bits per heavy atom. The van der Waals surface area contributed by atoms with Crippen molar-refractivity contribution in [3.63, 3.8) is 0 Å². The molecule has 0 radical (unpaired) electrons. The molecule has 9 heteroatoms. The molecule has 1 saturated carbocycles. The molecule has 222 valence electrons. The summed E-state index contributed by atoms with van der Waals surface area (Å²) < 4.78 is 5.40. The van der Waals surface area contributed by atoms with Crippen molar-refractivity contribution >= 4 is 29.9 Å². The van der Waals surface area contributed by atoms with Crippen molar-refractivity contribution in [2.45, 2.75) is 116 Å². The number of unbranched alkanes of at least 4 members (excludes halogenated alkanes) is 2. The molecule has 1 aromatic carbocycles. The molecule has 0 heterocycles. The highest BCUT2D eigenvalue weighted by atomic mass is 16.6. The first-order valence-electron chi connectivity index (χ1n) is 14.6. The predicted octanol–water partition coefficient (Wildman–Crippen LogP) is 5.00. The zero-order valence-electron chi connectivity index (χ0n) is 24.7. The van der Waals surface area contributed by atoms with Gasteiger partial charge >= 0.3 is 6.09 Å². The number of ether oxygens (including phenoxy) is 1. The van der Waals surface area contributed by atoms with E-state index in [1.54, 1.807) is 31.7 Å². The van der Waals surface area contributed by atoms with Crippen LogP contribution in [-0.2, 0) is 19.1 Å². The first-order chi connectivity index (χ1) is 18.9. The fourth-order valence-electron chi connectivity index (χ4n) is 4.95. The van der Waals surface area contributed by atoms with Crippen LogP contribution in [0.1, 0.15) is 109 Å². The van der Waals surface area contributed by atoms with Gasteiger partial charge in [0.15, 0.2) is 0 Å². The third kappa shape index (κ3) is 11.0. The number of nitrogens with two attached hydrogens (primary N) is 1. The Hall–Kier alpha value is -3.36. The maximum atomic E-state index is 14.2. The summed E-state index contributed by atoms with van der Waals surface area (Å²) in [6, 6.07) is 5.43. The van der Waals surface area contributed by atoms with Gasteiger partial charge < -0.3 is 26.0 Å². The second-order valence-corrected chi connectivity index (χ2v) is 11.6. The van der Waals surface area contributed by atoms with E-state index in [-0.39, 0.29) is 24.8 Å². The molecule has 0 saturated heterocycles. The lowest BCUT2D eigenvalue weighted by Crippen LogP contribution is -2.54. The molecule has 0 aliphatic heterocycles. The Balaban J connectivity index is 2.50. The van der Waals surface area contributed by atoms with E-state index in [2.05, 4.69) is 24.1 Å². The van der Waals surface area contributed by atoms with Crippen molar-refractivity contribution in [2.24, 2.45) is 5.73 Å². The van der Waals surface area contributed by atoms with E-state index in [4.69, 9.17) is 10.5 Å². The third-order valence-electron chi connectivity index (χ3n) is 6.93. The minimum absolute atomic E-state index is 0.0126. The van der Waals surface area contributed by atoms with Gasteiger partial charge in [0, 0.05) is 19.0 Å². The van der Waals surface area contributed by atoms with Crippen LogP contribution < -0.4 is 16.4 Å². The monoisotopic (exact) mass is 556 g/mol. The first kappa shape index (κ1) is 32.8. The summed E-state index contributed by atoms with van der Waals surface area (Å²) >= 11 is 0. The van der Waals surface area contributed by atoms with Crippen LogP contribution in [-0.4, -0.2) is 52.9 Å². The van der Waals surface area contributed by atoms with Crippen LogP contribution in [0.4, 0.5) is 4.79 Å². The highest BCUT2D eigenvalue weighted by molar-refractivity contribution is 5.92. The maximum absolute atomic E-state index is 14.2. The lowest BCUT2D eigenvalue weighted by Gasteiger charge is -2.36. The topological polar surface area (TPSA) is 131 Å². The van der Waals surface area contributed by atoms with Gasteiger partial charge in [0.1, 0.15) is 17.7 Å². The van der Waals surface area contributed by atoms with Gasteiger partial charge in [-0.1, -0.05) is 69.9 Å². The molecular weight excluding hydrogens is 508 g/mol. The maximum Gasteiger partial charge on any atom is 0.408 e. The number of amides is 4. The Morgan fingerprint density at radius 3 is 2.45 bits per heavy atom. The number of nitrogens with one attached hydrogen (secondary N) is 2. The number of rotatable bonds is 14. The smallest absolute Gasteiger partial charge is 0.408 e. The summed E-state index contributed by atoms with van der Waals surface area (Å²) in [5.41, 5.74) is 6.10. The van der Waals surface area contributed by atoms with E-state index in [1.165, 1.54) is 0 Å². The first-order valence-corrected chi connectivity index (χ1v) is 14.6. The van der Waals surface area contributed by atoms with Crippen LogP contribution in [0.5, 0.6) is 0 Å². The average molecular weight is 557 g/mol. The fourth-order valence-corrected chi connectivity index (χ4v) is 4.95. The number of primary amides is 1. The van der Waals surface area contributed by atoms with Gasteiger partial charge in [-0.3, -0.25) is 14.4 Å². The minimum Gasteiger partial charge on any atom is -0.444 e. The fraction of sp³-hybridized carbons (Fsp3) is 0.613. The molecule has 0 spiro atoms. The van der Waals surface area contributed by atoms with Crippen LogP contribution in [0.25, 0.3) is 6.08 Å². The molecule has 4 N–H and O–H groups in total. The van der Waals surface area contributed by atoms with E-state index in [0.717, 1.165) is 50.5 Å². The number of alkyl carbamates (subject to hydrolysis) is 1. The second-order valence-electron chi connectivity index (χ2n) is 11.6. The predicted molar refractivity (Wildman–Crippen MR) is 157 cm³/mol. The Kier molecular flexibility index (Phi) is 13.2.